The number of methoxy groups -OCH3 is 1. The van der Waals surface area contributed by atoms with Crippen LogP contribution in [0, 0.1) is 5.92 Å². The van der Waals surface area contributed by atoms with Gasteiger partial charge < -0.3 is 19.5 Å². The quantitative estimate of drug-likeness (QED) is 0.409. The Morgan fingerprint density at radius 2 is 1.78 bits per heavy atom. The van der Waals surface area contributed by atoms with Crippen LogP contribution in [0.2, 0.25) is 5.02 Å². The van der Waals surface area contributed by atoms with E-state index >= 15 is 0 Å². The predicted octanol–water partition coefficient (Wildman–Crippen LogP) is 6.31. The SMILES string of the molecule is CCOc1ccc(C2C(C(=O)OCC(C)C)=C(C)NC3=C2C(=O)CC(c2ccc(Cl)cc2)C3)cc1OC. The van der Waals surface area contributed by atoms with Gasteiger partial charge in [-0.2, -0.15) is 0 Å². The average molecular weight is 524 g/mol. The summed E-state index contributed by atoms with van der Waals surface area (Å²) in [6.45, 7) is 8.55. The molecule has 37 heavy (non-hydrogen) atoms. The van der Waals surface area contributed by atoms with Gasteiger partial charge in [-0.3, -0.25) is 4.79 Å². The largest absolute Gasteiger partial charge is 0.493 e. The van der Waals surface area contributed by atoms with Crippen molar-refractivity contribution >= 4 is 23.4 Å². The highest BCUT2D eigenvalue weighted by atomic mass is 35.5. The van der Waals surface area contributed by atoms with E-state index in [-0.39, 0.29) is 17.6 Å². The first-order valence-corrected chi connectivity index (χ1v) is 13.1. The van der Waals surface area contributed by atoms with Crippen LogP contribution in [0.25, 0.3) is 0 Å². The van der Waals surface area contributed by atoms with Gasteiger partial charge in [0.2, 0.25) is 0 Å². The van der Waals surface area contributed by atoms with Crippen molar-refractivity contribution < 1.29 is 23.8 Å². The molecule has 196 valence electrons. The minimum absolute atomic E-state index is 0.00760. The second kappa shape index (κ2) is 11.4. The number of ether oxygens (including phenoxy) is 3. The van der Waals surface area contributed by atoms with Crippen LogP contribution in [0.5, 0.6) is 11.5 Å². The van der Waals surface area contributed by atoms with Crippen molar-refractivity contribution in [3.05, 3.63) is 81.2 Å². The first-order chi connectivity index (χ1) is 17.7. The lowest BCUT2D eigenvalue weighted by Gasteiger charge is -2.37. The maximum Gasteiger partial charge on any atom is 0.336 e. The third-order valence-corrected chi connectivity index (χ3v) is 7.01. The second-order valence-electron chi connectivity index (χ2n) is 9.90. The average Bonchev–Trinajstić information content (AvgIpc) is 2.87. The van der Waals surface area contributed by atoms with Crippen LogP contribution in [0.4, 0.5) is 0 Å². The fourth-order valence-corrected chi connectivity index (χ4v) is 5.20. The summed E-state index contributed by atoms with van der Waals surface area (Å²) < 4.78 is 17.0. The molecule has 0 saturated heterocycles. The maximum atomic E-state index is 13.8. The molecular formula is C30H34ClNO5. The molecule has 4 rings (SSSR count). The highest BCUT2D eigenvalue weighted by Gasteiger charge is 2.41. The molecule has 0 radical (unpaired) electrons. The van der Waals surface area contributed by atoms with Crippen LogP contribution in [0.15, 0.2) is 65.0 Å². The Morgan fingerprint density at radius 3 is 2.43 bits per heavy atom. The Hall–Kier alpha value is -3.25. The lowest BCUT2D eigenvalue weighted by Crippen LogP contribution is -2.36. The lowest BCUT2D eigenvalue weighted by atomic mass is 9.71. The second-order valence-corrected chi connectivity index (χ2v) is 10.3. The molecule has 2 aromatic carbocycles. The molecule has 0 aromatic heterocycles. The molecule has 2 aliphatic rings. The van der Waals surface area contributed by atoms with Gasteiger partial charge in [0.25, 0.3) is 0 Å². The van der Waals surface area contributed by atoms with Crippen molar-refractivity contribution in [1.29, 1.82) is 0 Å². The number of Topliss-reactive ketones (excluding diaryl/α,β-unsaturated/α-hetero) is 1. The Morgan fingerprint density at radius 1 is 1.08 bits per heavy atom. The van der Waals surface area contributed by atoms with Gasteiger partial charge in [-0.05, 0) is 67.5 Å². The van der Waals surface area contributed by atoms with E-state index in [1.807, 2.05) is 70.2 Å². The summed E-state index contributed by atoms with van der Waals surface area (Å²) in [5.41, 5.74) is 4.43. The van der Waals surface area contributed by atoms with E-state index in [1.165, 1.54) is 0 Å². The molecule has 1 aliphatic heterocycles. The molecular weight excluding hydrogens is 490 g/mol. The number of allylic oxidation sites excluding steroid dienone is 3. The van der Waals surface area contributed by atoms with Crippen LogP contribution in [0.1, 0.15) is 63.5 Å². The summed E-state index contributed by atoms with van der Waals surface area (Å²) in [5.74, 6) is 0.391. The minimum atomic E-state index is -0.570. The van der Waals surface area contributed by atoms with Crippen molar-refractivity contribution in [2.45, 2.75) is 52.4 Å². The first-order valence-electron chi connectivity index (χ1n) is 12.7. The van der Waals surface area contributed by atoms with E-state index in [9.17, 15) is 9.59 Å². The van der Waals surface area contributed by atoms with Crippen LogP contribution in [-0.2, 0) is 14.3 Å². The number of hydrogen-bond donors (Lipinski definition) is 1. The Kier molecular flexibility index (Phi) is 8.28. The van der Waals surface area contributed by atoms with Crippen LogP contribution in [0.3, 0.4) is 0 Å². The molecule has 1 N–H and O–H groups in total. The smallest absolute Gasteiger partial charge is 0.336 e. The van der Waals surface area contributed by atoms with E-state index in [2.05, 4.69) is 5.32 Å². The number of rotatable bonds is 8. The van der Waals surface area contributed by atoms with Gasteiger partial charge in [0.1, 0.15) is 0 Å². The molecule has 0 bridgehead atoms. The number of benzene rings is 2. The summed E-state index contributed by atoms with van der Waals surface area (Å²) >= 11 is 6.08. The molecule has 0 spiro atoms. The molecule has 2 atom stereocenters. The number of nitrogens with one attached hydrogen (secondary N) is 1. The minimum Gasteiger partial charge on any atom is -0.493 e. The summed E-state index contributed by atoms with van der Waals surface area (Å²) in [4.78, 5) is 27.2. The van der Waals surface area contributed by atoms with E-state index in [0.717, 1.165) is 16.8 Å². The molecule has 1 heterocycles. The van der Waals surface area contributed by atoms with Gasteiger partial charge in [0.15, 0.2) is 17.3 Å². The third-order valence-electron chi connectivity index (χ3n) is 6.76. The zero-order chi connectivity index (χ0) is 26.7. The van der Waals surface area contributed by atoms with E-state index < -0.39 is 11.9 Å². The lowest BCUT2D eigenvalue weighted by molar-refractivity contribution is -0.140. The van der Waals surface area contributed by atoms with Crippen molar-refractivity contribution in [1.82, 2.24) is 5.32 Å². The van der Waals surface area contributed by atoms with Gasteiger partial charge in [-0.1, -0.05) is 43.6 Å². The molecule has 2 unspecified atom stereocenters. The monoisotopic (exact) mass is 523 g/mol. The van der Waals surface area contributed by atoms with Crippen LogP contribution >= 0.6 is 11.6 Å². The number of dihydropyridines is 1. The Balaban J connectivity index is 1.79. The van der Waals surface area contributed by atoms with Crippen LogP contribution < -0.4 is 14.8 Å². The van der Waals surface area contributed by atoms with Crippen molar-refractivity contribution in [2.75, 3.05) is 20.3 Å². The molecule has 0 saturated carbocycles. The van der Waals surface area contributed by atoms with Gasteiger partial charge in [0, 0.05) is 34.3 Å². The zero-order valence-corrected chi connectivity index (χ0v) is 22.8. The van der Waals surface area contributed by atoms with Gasteiger partial charge in [0.05, 0.1) is 25.9 Å². The number of esters is 1. The number of hydrogen-bond acceptors (Lipinski definition) is 6. The highest BCUT2D eigenvalue weighted by molar-refractivity contribution is 6.30. The molecule has 2 aromatic rings. The zero-order valence-electron chi connectivity index (χ0n) is 22.0. The molecule has 7 heteroatoms. The Bertz CT molecular complexity index is 1250. The van der Waals surface area contributed by atoms with Crippen molar-refractivity contribution in [2.24, 2.45) is 5.92 Å². The molecule has 0 fully saturated rings. The first kappa shape index (κ1) is 26.8. The fraction of sp³-hybridized carbons (Fsp3) is 0.400. The normalized spacial score (nSPS) is 19.5. The number of carbonyl (C=O) groups is 2. The molecule has 1 aliphatic carbocycles. The molecule has 0 amide bonds. The number of halogens is 1. The topological polar surface area (TPSA) is 73.9 Å². The van der Waals surface area contributed by atoms with E-state index in [0.29, 0.717) is 59.4 Å². The van der Waals surface area contributed by atoms with E-state index in [1.54, 1.807) is 7.11 Å². The summed E-state index contributed by atoms with van der Waals surface area (Å²) in [5, 5.41) is 4.06. The summed E-state index contributed by atoms with van der Waals surface area (Å²) in [6.07, 6.45) is 0.999. The van der Waals surface area contributed by atoms with Crippen LogP contribution in [-0.4, -0.2) is 32.1 Å². The van der Waals surface area contributed by atoms with Gasteiger partial charge in [-0.25, -0.2) is 4.79 Å². The predicted molar refractivity (Wildman–Crippen MR) is 144 cm³/mol. The molecule has 6 nitrogen and oxygen atoms in total. The standard InChI is InChI=1S/C30H34ClNO5/c1-6-36-25-12-9-20(15-26(25)35-5)28-27(30(34)37-16-17(2)3)18(4)32-23-13-21(14-24(33)29(23)28)19-7-10-22(31)11-8-19/h7-12,15,17,21,28,32H,6,13-14,16H2,1-5H3. The van der Waals surface area contributed by atoms with E-state index in [4.69, 9.17) is 25.8 Å². The van der Waals surface area contributed by atoms with Gasteiger partial charge >= 0.3 is 5.97 Å². The third kappa shape index (κ3) is 5.69. The summed E-state index contributed by atoms with van der Waals surface area (Å²) in [7, 11) is 1.58. The van der Waals surface area contributed by atoms with Crippen molar-refractivity contribution in [3.63, 3.8) is 0 Å². The fourth-order valence-electron chi connectivity index (χ4n) is 5.07. The number of carbonyl (C=O) groups excluding carboxylic acids is 2. The highest BCUT2D eigenvalue weighted by Crippen LogP contribution is 2.47. The Labute approximate surface area is 223 Å². The van der Waals surface area contributed by atoms with Gasteiger partial charge in [-0.15, -0.1) is 0 Å². The maximum absolute atomic E-state index is 13.8. The number of ketones is 1. The van der Waals surface area contributed by atoms with Crippen molar-refractivity contribution in [3.8, 4) is 11.5 Å². The summed E-state index contributed by atoms with van der Waals surface area (Å²) in [6, 6.07) is 13.2.